The molecule has 2 aliphatic heterocycles. The van der Waals surface area contributed by atoms with Gasteiger partial charge in [0.2, 0.25) is 11.7 Å². The minimum atomic E-state index is -4.58. The molecule has 0 spiro atoms. The predicted molar refractivity (Wildman–Crippen MR) is 128 cm³/mol. The number of fused-ring (bicyclic) bond motifs is 2. The standard InChI is InChI=1S/C25H26F3N7O2/c1-14-12-33(22-18-10-16(37-3)4-5-20(18)30-15(2)19(22)11-29)7-6-17(14)23(36)34-8-9-35-21(13-34)31-32-24(35)25(26,27)28/h4-5,10,14,17H,6-9,12-13H2,1-3H3/t14-,17+/m1/s1. The summed E-state index contributed by atoms with van der Waals surface area (Å²) in [5.41, 5.74) is 2.67. The molecule has 37 heavy (non-hydrogen) atoms. The topological polar surface area (TPSA) is 100 Å². The zero-order chi connectivity index (χ0) is 26.5. The van der Waals surface area contributed by atoms with E-state index in [0.717, 1.165) is 21.2 Å². The number of aromatic nitrogens is 4. The first-order valence-electron chi connectivity index (χ1n) is 12.0. The lowest BCUT2D eigenvalue weighted by Gasteiger charge is -2.40. The smallest absolute Gasteiger partial charge is 0.451 e. The Bertz CT molecular complexity index is 1410. The monoisotopic (exact) mass is 513 g/mol. The number of benzene rings is 1. The van der Waals surface area contributed by atoms with Crippen molar-refractivity contribution in [2.24, 2.45) is 11.8 Å². The first kappa shape index (κ1) is 24.8. The van der Waals surface area contributed by atoms with Crippen molar-refractivity contribution in [3.05, 3.63) is 41.1 Å². The molecule has 2 aliphatic rings. The quantitative estimate of drug-likeness (QED) is 0.528. The number of rotatable bonds is 3. The zero-order valence-corrected chi connectivity index (χ0v) is 20.7. The highest BCUT2D eigenvalue weighted by Crippen LogP contribution is 2.38. The van der Waals surface area contributed by atoms with Crippen LogP contribution in [-0.2, 0) is 24.1 Å². The Morgan fingerprint density at radius 1 is 1.22 bits per heavy atom. The summed E-state index contributed by atoms with van der Waals surface area (Å²) in [7, 11) is 1.58. The van der Waals surface area contributed by atoms with Crippen molar-refractivity contribution in [3.8, 4) is 11.8 Å². The molecule has 0 radical (unpaired) electrons. The summed E-state index contributed by atoms with van der Waals surface area (Å²) < 4.78 is 45.9. The number of nitriles is 1. The number of nitrogens with zero attached hydrogens (tertiary/aromatic N) is 7. The molecule has 1 fully saturated rings. The molecular formula is C25H26F3N7O2. The number of aryl methyl sites for hydroxylation is 1. The lowest BCUT2D eigenvalue weighted by molar-refractivity contribution is -0.148. The predicted octanol–water partition coefficient (Wildman–Crippen LogP) is 3.54. The van der Waals surface area contributed by atoms with E-state index in [2.05, 4.69) is 26.2 Å². The number of piperidine rings is 1. The number of halogens is 3. The minimum absolute atomic E-state index is 0.00140. The number of hydrogen-bond acceptors (Lipinski definition) is 7. The second-order valence-corrected chi connectivity index (χ2v) is 9.58. The summed E-state index contributed by atoms with van der Waals surface area (Å²) in [5.74, 6) is -0.653. The SMILES string of the molecule is COc1ccc2nc(C)c(C#N)c(N3CC[C@H](C(=O)N4CCn5c(nnc5C(F)(F)F)C4)[C@H](C)C3)c2c1. The van der Waals surface area contributed by atoms with Gasteiger partial charge in [-0.25, -0.2) is 0 Å². The molecule has 9 nitrogen and oxygen atoms in total. The second-order valence-electron chi connectivity index (χ2n) is 9.58. The second kappa shape index (κ2) is 9.21. The van der Waals surface area contributed by atoms with Gasteiger partial charge < -0.3 is 19.1 Å². The van der Waals surface area contributed by atoms with Gasteiger partial charge in [-0.2, -0.15) is 18.4 Å². The van der Waals surface area contributed by atoms with E-state index in [0.29, 0.717) is 36.5 Å². The highest BCUT2D eigenvalue weighted by molar-refractivity contribution is 5.96. The molecule has 2 atom stereocenters. The van der Waals surface area contributed by atoms with Crippen molar-refractivity contribution in [2.45, 2.75) is 39.5 Å². The van der Waals surface area contributed by atoms with Crippen LogP contribution in [0.3, 0.4) is 0 Å². The van der Waals surface area contributed by atoms with Gasteiger partial charge in [0.05, 0.1) is 36.1 Å². The molecular weight excluding hydrogens is 487 g/mol. The van der Waals surface area contributed by atoms with Crippen molar-refractivity contribution < 1.29 is 22.7 Å². The molecule has 1 saturated heterocycles. The summed E-state index contributed by atoms with van der Waals surface area (Å²) in [5, 5.41) is 17.7. The van der Waals surface area contributed by atoms with E-state index in [9.17, 15) is 23.2 Å². The maximum atomic E-state index is 13.4. The normalized spacial score (nSPS) is 20.0. The molecule has 0 unspecified atom stereocenters. The number of alkyl halides is 3. The van der Waals surface area contributed by atoms with E-state index in [4.69, 9.17) is 4.74 Å². The van der Waals surface area contributed by atoms with E-state index in [1.54, 1.807) is 12.0 Å². The first-order valence-corrected chi connectivity index (χ1v) is 12.0. The van der Waals surface area contributed by atoms with Crippen LogP contribution in [0.1, 0.15) is 36.3 Å². The molecule has 194 valence electrons. The van der Waals surface area contributed by atoms with Gasteiger partial charge in [-0.3, -0.25) is 9.78 Å². The number of carbonyl (C=O) groups excluding carboxylic acids is 1. The van der Waals surface area contributed by atoms with E-state index in [-0.39, 0.29) is 43.2 Å². The van der Waals surface area contributed by atoms with E-state index in [1.807, 2.05) is 32.0 Å². The molecule has 1 aromatic carbocycles. The molecule has 4 heterocycles. The Morgan fingerprint density at radius 2 is 2.00 bits per heavy atom. The Kier molecular flexibility index (Phi) is 6.17. The maximum absolute atomic E-state index is 13.4. The third-order valence-electron chi connectivity index (χ3n) is 7.31. The number of pyridine rings is 1. The van der Waals surface area contributed by atoms with Crippen LogP contribution < -0.4 is 9.64 Å². The third kappa shape index (κ3) is 4.32. The van der Waals surface area contributed by atoms with Crippen molar-refractivity contribution >= 4 is 22.5 Å². The van der Waals surface area contributed by atoms with E-state index in [1.165, 1.54) is 0 Å². The lowest BCUT2D eigenvalue weighted by atomic mass is 9.85. The van der Waals surface area contributed by atoms with E-state index >= 15 is 0 Å². The number of anilines is 1. The van der Waals surface area contributed by atoms with Gasteiger partial charge in [-0.1, -0.05) is 6.92 Å². The molecule has 0 bridgehead atoms. The highest BCUT2D eigenvalue weighted by Gasteiger charge is 2.41. The van der Waals surface area contributed by atoms with Gasteiger partial charge in [0, 0.05) is 37.5 Å². The molecule has 0 N–H and O–H groups in total. The largest absolute Gasteiger partial charge is 0.497 e. The third-order valence-corrected chi connectivity index (χ3v) is 7.31. The zero-order valence-electron chi connectivity index (χ0n) is 20.7. The van der Waals surface area contributed by atoms with Crippen LogP contribution in [-0.4, -0.2) is 57.3 Å². The number of hydrogen-bond donors (Lipinski definition) is 0. The fourth-order valence-electron chi connectivity index (χ4n) is 5.44. The van der Waals surface area contributed by atoms with Crippen LogP contribution in [0.25, 0.3) is 10.9 Å². The van der Waals surface area contributed by atoms with Crippen molar-refractivity contribution in [1.29, 1.82) is 5.26 Å². The van der Waals surface area contributed by atoms with Gasteiger partial charge in [0.25, 0.3) is 0 Å². The number of carbonyl (C=O) groups is 1. The van der Waals surface area contributed by atoms with Crippen LogP contribution in [0.5, 0.6) is 5.75 Å². The molecule has 0 aliphatic carbocycles. The van der Waals surface area contributed by atoms with Crippen LogP contribution in [0.2, 0.25) is 0 Å². The Balaban J connectivity index is 1.37. The molecule has 2 aromatic heterocycles. The Labute approximate surface area is 211 Å². The van der Waals surface area contributed by atoms with Crippen LogP contribution in [0, 0.1) is 30.1 Å². The lowest BCUT2D eigenvalue weighted by Crippen LogP contribution is -2.49. The van der Waals surface area contributed by atoms with Crippen LogP contribution in [0.4, 0.5) is 18.9 Å². The molecule has 12 heteroatoms. The molecule has 3 aromatic rings. The van der Waals surface area contributed by atoms with E-state index < -0.39 is 12.0 Å². The van der Waals surface area contributed by atoms with Crippen LogP contribution in [0.15, 0.2) is 18.2 Å². The van der Waals surface area contributed by atoms with Crippen molar-refractivity contribution in [2.75, 3.05) is 31.6 Å². The fourth-order valence-corrected chi connectivity index (χ4v) is 5.44. The fraction of sp³-hybridized carbons (Fsp3) is 0.480. The van der Waals surface area contributed by atoms with Crippen molar-refractivity contribution in [1.82, 2.24) is 24.6 Å². The van der Waals surface area contributed by atoms with Crippen molar-refractivity contribution in [3.63, 3.8) is 0 Å². The van der Waals surface area contributed by atoms with Gasteiger partial charge in [-0.15, -0.1) is 10.2 Å². The maximum Gasteiger partial charge on any atom is 0.451 e. The average molecular weight is 514 g/mol. The Morgan fingerprint density at radius 3 is 2.68 bits per heavy atom. The summed E-state index contributed by atoms with van der Waals surface area (Å²) in [6.07, 6.45) is -4.03. The van der Waals surface area contributed by atoms with Gasteiger partial charge in [-0.05, 0) is 37.5 Å². The van der Waals surface area contributed by atoms with Gasteiger partial charge in [0.1, 0.15) is 11.8 Å². The molecule has 5 rings (SSSR count). The van der Waals surface area contributed by atoms with Gasteiger partial charge >= 0.3 is 6.18 Å². The average Bonchev–Trinajstić information content (AvgIpc) is 3.31. The first-order chi connectivity index (χ1) is 17.6. The molecule has 1 amide bonds. The number of amides is 1. The molecule has 0 saturated carbocycles. The minimum Gasteiger partial charge on any atom is -0.497 e. The van der Waals surface area contributed by atoms with Crippen LogP contribution >= 0.6 is 0 Å². The summed E-state index contributed by atoms with van der Waals surface area (Å²) in [6, 6.07) is 7.87. The highest BCUT2D eigenvalue weighted by atomic mass is 19.4. The summed E-state index contributed by atoms with van der Waals surface area (Å²) in [4.78, 5) is 21.7. The number of ether oxygens (including phenoxy) is 1. The Hall–Kier alpha value is -3.88. The summed E-state index contributed by atoms with van der Waals surface area (Å²) in [6.45, 7) is 5.08. The summed E-state index contributed by atoms with van der Waals surface area (Å²) >= 11 is 0. The van der Waals surface area contributed by atoms with Gasteiger partial charge in [0.15, 0.2) is 5.82 Å². The number of methoxy groups -OCH3 is 1.